The zero-order chi connectivity index (χ0) is 15.5. The molecule has 2 aromatic carbocycles. The first kappa shape index (κ1) is 13.9. The zero-order valence-corrected chi connectivity index (χ0v) is 13.2. The fourth-order valence-electron chi connectivity index (χ4n) is 2.56. The summed E-state index contributed by atoms with van der Waals surface area (Å²) < 4.78 is 1.20. The van der Waals surface area contributed by atoms with Crippen LogP contribution in [0.4, 0.5) is 0 Å². The van der Waals surface area contributed by atoms with Gasteiger partial charge in [0.2, 0.25) is 0 Å². The van der Waals surface area contributed by atoms with Crippen LogP contribution in [0.1, 0.15) is 11.3 Å². The van der Waals surface area contributed by atoms with E-state index in [9.17, 15) is 0 Å². The van der Waals surface area contributed by atoms with Crippen molar-refractivity contribution in [2.75, 3.05) is 0 Å². The summed E-state index contributed by atoms with van der Waals surface area (Å²) in [5.41, 5.74) is 7.37. The fraction of sp³-hybridized carbons (Fsp3) is 0. The average Bonchev–Trinajstić information content (AvgIpc) is 3.09. The molecule has 2 heterocycles. The standard InChI is InChI=1S/C20H14N2S/c1-2-5-15(6-3-1)8-10-18-17(7-4-12-21-18)16-9-11-19-20(13-16)23-14-22-19/h1-14H. The molecular weight excluding hydrogens is 300 g/mol. The van der Waals surface area contributed by atoms with E-state index in [2.05, 4.69) is 58.5 Å². The quantitative estimate of drug-likeness (QED) is 0.497. The Morgan fingerprint density at radius 3 is 2.65 bits per heavy atom. The highest BCUT2D eigenvalue weighted by Gasteiger charge is 2.05. The molecule has 0 spiro atoms. The summed E-state index contributed by atoms with van der Waals surface area (Å²) in [7, 11) is 0. The maximum absolute atomic E-state index is 4.54. The van der Waals surface area contributed by atoms with Gasteiger partial charge in [0.1, 0.15) is 0 Å². The third-order valence-corrected chi connectivity index (χ3v) is 4.51. The topological polar surface area (TPSA) is 25.8 Å². The van der Waals surface area contributed by atoms with Gasteiger partial charge in [-0.2, -0.15) is 0 Å². The van der Waals surface area contributed by atoms with Crippen LogP contribution >= 0.6 is 11.3 Å². The summed E-state index contributed by atoms with van der Waals surface area (Å²) in [4.78, 5) is 8.88. The Morgan fingerprint density at radius 2 is 1.74 bits per heavy atom. The second-order valence-electron chi connectivity index (χ2n) is 5.22. The Morgan fingerprint density at radius 1 is 0.826 bits per heavy atom. The van der Waals surface area contributed by atoms with Gasteiger partial charge < -0.3 is 0 Å². The lowest BCUT2D eigenvalue weighted by atomic mass is 10.0. The molecule has 3 heteroatoms. The second kappa shape index (κ2) is 6.15. The van der Waals surface area contributed by atoms with Crippen LogP contribution in [0, 0.1) is 0 Å². The molecule has 0 aliphatic carbocycles. The molecule has 4 rings (SSSR count). The molecule has 0 aliphatic heterocycles. The summed E-state index contributed by atoms with van der Waals surface area (Å²) in [6.07, 6.45) is 6.00. The van der Waals surface area contributed by atoms with Crippen LogP contribution in [0.2, 0.25) is 0 Å². The van der Waals surface area contributed by atoms with Crippen LogP contribution in [0.3, 0.4) is 0 Å². The molecule has 0 bridgehead atoms. The van der Waals surface area contributed by atoms with Gasteiger partial charge >= 0.3 is 0 Å². The van der Waals surface area contributed by atoms with E-state index < -0.39 is 0 Å². The lowest BCUT2D eigenvalue weighted by Gasteiger charge is -2.05. The number of hydrogen-bond acceptors (Lipinski definition) is 3. The highest BCUT2D eigenvalue weighted by molar-refractivity contribution is 7.16. The normalized spacial score (nSPS) is 11.3. The number of hydrogen-bond donors (Lipinski definition) is 0. The van der Waals surface area contributed by atoms with Crippen molar-refractivity contribution in [3.8, 4) is 11.1 Å². The molecule has 2 nitrogen and oxygen atoms in total. The molecule has 0 saturated heterocycles. The van der Waals surface area contributed by atoms with Gasteiger partial charge in [-0.3, -0.25) is 4.98 Å². The first-order valence-electron chi connectivity index (χ1n) is 7.42. The molecule has 4 aromatic rings. The van der Waals surface area contributed by atoms with Crippen molar-refractivity contribution < 1.29 is 0 Å². The van der Waals surface area contributed by atoms with Crippen LogP contribution in [-0.4, -0.2) is 9.97 Å². The van der Waals surface area contributed by atoms with Gasteiger partial charge in [0.05, 0.1) is 21.4 Å². The molecule has 0 fully saturated rings. The summed E-state index contributed by atoms with van der Waals surface area (Å²) in [5, 5.41) is 0. The highest BCUT2D eigenvalue weighted by atomic mass is 32.1. The van der Waals surface area contributed by atoms with E-state index in [1.807, 2.05) is 36.0 Å². The summed E-state index contributed by atoms with van der Waals surface area (Å²) >= 11 is 1.66. The van der Waals surface area contributed by atoms with Crippen molar-refractivity contribution in [1.82, 2.24) is 9.97 Å². The van der Waals surface area contributed by atoms with E-state index in [1.165, 1.54) is 15.8 Å². The number of thiazole rings is 1. The third kappa shape index (κ3) is 2.91. The number of aromatic nitrogens is 2. The molecule has 23 heavy (non-hydrogen) atoms. The Bertz CT molecular complexity index is 971. The lowest BCUT2D eigenvalue weighted by molar-refractivity contribution is 1.30. The fourth-order valence-corrected chi connectivity index (χ4v) is 3.27. The van der Waals surface area contributed by atoms with E-state index in [4.69, 9.17) is 0 Å². The van der Waals surface area contributed by atoms with Gasteiger partial charge in [-0.15, -0.1) is 11.3 Å². The van der Waals surface area contributed by atoms with Gasteiger partial charge in [0, 0.05) is 11.8 Å². The van der Waals surface area contributed by atoms with E-state index in [0.717, 1.165) is 16.8 Å². The molecule has 0 N–H and O–H groups in total. The van der Waals surface area contributed by atoms with Gasteiger partial charge in [-0.1, -0.05) is 48.5 Å². The van der Waals surface area contributed by atoms with Crippen LogP contribution in [0.5, 0.6) is 0 Å². The zero-order valence-electron chi connectivity index (χ0n) is 12.4. The molecule has 0 saturated carbocycles. The van der Waals surface area contributed by atoms with Crippen molar-refractivity contribution in [3.63, 3.8) is 0 Å². The van der Waals surface area contributed by atoms with Crippen LogP contribution < -0.4 is 0 Å². The first-order valence-corrected chi connectivity index (χ1v) is 8.30. The molecule has 2 aromatic heterocycles. The number of benzene rings is 2. The Labute approximate surface area is 138 Å². The van der Waals surface area contributed by atoms with Crippen molar-refractivity contribution in [3.05, 3.63) is 83.6 Å². The predicted octanol–water partition coefficient (Wildman–Crippen LogP) is 5.53. The SMILES string of the molecule is C(=Cc1ncccc1-c1ccc2ncsc2c1)c1ccccc1. The highest BCUT2D eigenvalue weighted by Crippen LogP contribution is 2.28. The van der Waals surface area contributed by atoms with Crippen LogP contribution in [0.15, 0.2) is 72.4 Å². The van der Waals surface area contributed by atoms with Crippen LogP contribution in [0.25, 0.3) is 33.5 Å². The minimum atomic E-state index is 0.972. The summed E-state index contributed by atoms with van der Waals surface area (Å²) in [6, 6.07) is 20.7. The van der Waals surface area contributed by atoms with Crippen LogP contribution in [-0.2, 0) is 0 Å². The van der Waals surface area contributed by atoms with E-state index in [0.29, 0.717) is 0 Å². The summed E-state index contributed by atoms with van der Waals surface area (Å²) in [6.45, 7) is 0. The second-order valence-corrected chi connectivity index (χ2v) is 6.10. The minimum Gasteiger partial charge on any atom is -0.256 e. The Balaban J connectivity index is 1.76. The molecule has 110 valence electrons. The minimum absolute atomic E-state index is 0.972. The van der Waals surface area contributed by atoms with Crippen molar-refractivity contribution >= 4 is 33.7 Å². The van der Waals surface area contributed by atoms with E-state index in [-0.39, 0.29) is 0 Å². The van der Waals surface area contributed by atoms with E-state index in [1.54, 1.807) is 11.3 Å². The number of pyridine rings is 1. The molecule has 0 radical (unpaired) electrons. The molecule has 0 atom stereocenters. The molecular formula is C20H14N2S. The largest absolute Gasteiger partial charge is 0.256 e. The first-order chi connectivity index (χ1) is 11.4. The van der Waals surface area contributed by atoms with E-state index >= 15 is 0 Å². The molecule has 0 amide bonds. The Kier molecular flexibility index (Phi) is 3.70. The maximum atomic E-state index is 4.54. The lowest BCUT2D eigenvalue weighted by Crippen LogP contribution is -1.87. The van der Waals surface area contributed by atoms with Crippen molar-refractivity contribution in [2.45, 2.75) is 0 Å². The number of fused-ring (bicyclic) bond motifs is 1. The maximum Gasteiger partial charge on any atom is 0.0812 e. The monoisotopic (exact) mass is 314 g/mol. The third-order valence-electron chi connectivity index (χ3n) is 3.71. The number of nitrogens with zero attached hydrogens (tertiary/aromatic N) is 2. The van der Waals surface area contributed by atoms with Crippen molar-refractivity contribution in [1.29, 1.82) is 0 Å². The van der Waals surface area contributed by atoms with Gasteiger partial charge in [0.15, 0.2) is 0 Å². The average molecular weight is 314 g/mol. The van der Waals surface area contributed by atoms with Gasteiger partial charge in [-0.05, 0) is 35.4 Å². The number of rotatable bonds is 3. The summed E-state index contributed by atoms with van der Waals surface area (Å²) in [5.74, 6) is 0. The smallest absolute Gasteiger partial charge is 0.0812 e. The molecule has 0 aliphatic rings. The predicted molar refractivity (Wildman–Crippen MR) is 98.2 cm³/mol. The molecule has 0 unspecified atom stereocenters. The van der Waals surface area contributed by atoms with Gasteiger partial charge in [0.25, 0.3) is 0 Å². The van der Waals surface area contributed by atoms with Crippen molar-refractivity contribution in [2.24, 2.45) is 0 Å². The van der Waals surface area contributed by atoms with Gasteiger partial charge in [-0.25, -0.2) is 4.98 Å². The Hall–Kier alpha value is -2.78.